The van der Waals surface area contributed by atoms with Crippen LogP contribution in [0.4, 0.5) is 0 Å². The fraction of sp³-hybridized carbons (Fsp3) is 0.474. The van der Waals surface area contributed by atoms with Crippen LogP contribution in [0.25, 0.3) is 11.3 Å². The number of halogens is 1. The van der Waals surface area contributed by atoms with Crippen LogP contribution in [0.3, 0.4) is 0 Å². The number of amides is 1. The van der Waals surface area contributed by atoms with Gasteiger partial charge >= 0.3 is 0 Å². The summed E-state index contributed by atoms with van der Waals surface area (Å²) < 4.78 is 1.91. The van der Waals surface area contributed by atoms with Gasteiger partial charge in [-0.1, -0.05) is 44.2 Å². The highest BCUT2D eigenvalue weighted by Crippen LogP contribution is 2.20. The van der Waals surface area contributed by atoms with E-state index < -0.39 is 6.04 Å². The van der Waals surface area contributed by atoms with Crippen LogP contribution in [-0.2, 0) is 18.3 Å². The number of benzene rings is 1. The summed E-state index contributed by atoms with van der Waals surface area (Å²) >= 11 is 0. The fourth-order valence-electron chi connectivity index (χ4n) is 2.68. The Morgan fingerprint density at radius 3 is 2.52 bits per heavy atom. The molecule has 0 aliphatic heterocycles. The van der Waals surface area contributed by atoms with Gasteiger partial charge in [-0.05, 0) is 30.4 Å². The van der Waals surface area contributed by atoms with E-state index in [0.29, 0.717) is 6.54 Å². The Balaban J connectivity index is 0.00000312. The largest absolute Gasteiger partial charge is 0.344 e. The molecule has 0 saturated carbocycles. The van der Waals surface area contributed by atoms with E-state index in [0.717, 1.165) is 29.8 Å². The maximum atomic E-state index is 12.2. The summed E-state index contributed by atoms with van der Waals surface area (Å²) in [5.41, 5.74) is 9.24. The predicted molar refractivity (Wildman–Crippen MR) is 105 cm³/mol. The Hall–Kier alpha value is -1.85. The van der Waals surface area contributed by atoms with Crippen molar-refractivity contribution in [2.75, 3.05) is 13.6 Å². The van der Waals surface area contributed by atoms with Gasteiger partial charge in [0.1, 0.15) is 0 Å². The molecule has 6 heteroatoms. The molecule has 0 radical (unpaired) electrons. The zero-order valence-corrected chi connectivity index (χ0v) is 16.3. The normalized spacial score (nSPS) is 11.9. The van der Waals surface area contributed by atoms with Crippen LogP contribution in [0, 0.1) is 5.92 Å². The highest BCUT2D eigenvalue weighted by Gasteiger charge is 2.20. The van der Waals surface area contributed by atoms with Crippen molar-refractivity contribution in [2.45, 2.75) is 32.7 Å². The van der Waals surface area contributed by atoms with E-state index in [1.807, 2.05) is 50.8 Å². The number of rotatable bonds is 7. The standard InChI is InChI=1S/C19H28N4O.ClH/c1-14(2)18(20)19(24)22(3)12-8-11-16-13-17(23(4)21-16)15-9-6-5-7-10-15;/h5-7,9-10,13-14,18H,8,11-12,20H2,1-4H3;1H/t18-;/m0./s1. The molecule has 1 amide bonds. The molecule has 1 atom stereocenters. The summed E-state index contributed by atoms with van der Waals surface area (Å²) in [6, 6.07) is 11.9. The molecule has 1 aromatic carbocycles. The molecular weight excluding hydrogens is 336 g/mol. The SMILES string of the molecule is CC(C)[C@H](N)C(=O)N(C)CCCc1cc(-c2ccccc2)n(C)n1.Cl. The molecule has 25 heavy (non-hydrogen) atoms. The summed E-state index contributed by atoms with van der Waals surface area (Å²) in [6.45, 7) is 4.63. The van der Waals surface area contributed by atoms with Crippen LogP contribution in [0.2, 0.25) is 0 Å². The molecule has 1 heterocycles. The third-order valence-corrected chi connectivity index (χ3v) is 4.31. The molecule has 0 saturated heterocycles. The number of nitrogens with zero attached hydrogens (tertiary/aromatic N) is 3. The van der Waals surface area contributed by atoms with Gasteiger partial charge in [-0.3, -0.25) is 9.48 Å². The van der Waals surface area contributed by atoms with Crippen molar-refractivity contribution in [3.05, 3.63) is 42.1 Å². The lowest BCUT2D eigenvalue weighted by Crippen LogP contribution is -2.45. The molecule has 2 rings (SSSR count). The third-order valence-electron chi connectivity index (χ3n) is 4.31. The van der Waals surface area contributed by atoms with Crippen molar-refractivity contribution in [2.24, 2.45) is 18.7 Å². The van der Waals surface area contributed by atoms with Crippen LogP contribution >= 0.6 is 12.4 Å². The molecule has 0 fully saturated rings. The number of carbonyl (C=O) groups is 1. The molecule has 0 unspecified atom stereocenters. The van der Waals surface area contributed by atoms with Crippen molar-refractivity contribution in [3.63, 3.8) is 0 Å². The quantitative estimate of drug-likeness (QED) is 0.821. The second-order valence-corrected chi connectivity index (χ2v) is 6.64. The van der Waals surface area contributed by atoms with Gasteiger partial charge < -0.3 is 10.6 Å². The Morgan fingerprint density at radius 1 is 1.28 bits per heavy atom. The minimum atomic E-state index is -0.422. The second-order valence-electron chi connectivity index (χ2n) is 6.64. The summed E-state index contributed by atoms with van der Waals surface area (Å²) in [4.78, 5) is 13.9. The lowest BCUT2D eigenvalue weighted by atomic mass is 10.0. The van der Waals surface area contributed by atoms with Gasteiger partial charge in [0.2, 0.25) is 5.91 Å². The minimum absolute atomic E-state index is 0. The van der Waals surface area contributed by atoms with Crippen molar-refractivity contribution in [3.8, 4) is 11.3 Å². The van der Waals surface area contributed by atoms with E-state index >= 15 is 0 Å². The molecule has 2 N–H and O–H groups in total. The lowest BCUT2D eigenvalue weighted by molar-refractivity contribution is -0.132. The Kier molecular flexibility index (Phi) is 8.13. The van der Waals surface area contributed by atoms with E-state index in [9.17, 15) is 4.79 Å². The average molecular weight is 365 g/mol. The van der Waals surface area contributed by atoms with Crippen LogP contribution in [-0.4, -0.2) is 40.2 Å². The fourth-order valence-corrected chi connectivity index (χ4v) is 2.68. The molecule has 1 aromatic heterocycles. The van der Waals surface area contributed by atoms with Gasteiger partial charge in [-0.15, -0.1) is 12.4 Å². The molecule has 2 aromatic rings. The van der Waals surface area contributed by atoms with Crippen molar-refractivity contribution >= 4 is 18.3 Å². The second kappa shape index (κ2) is 9.59. The first-order valence-corrected chi connectivity index (χ1v) is 8.49. The number of aromatic nitrogens is 2. The van der Waals surface area contributed by atoms with Crippen molar-refractivity contribution < 1.29 is 4.79 Å². The molecule has 0 spiro atoms. The maximum Gasteiger partial charge on any atom is 0.239 e. The zero-order chi connectivity index (χ0) is 17.7. The van der Waals surface area contributed by atoms with Gasteiger partial charge in [-0.2, -0.15) is 5.10 Å². The highest BCUT2D eigenvalue weighted by atomic mass is 35.5. The number of hydrogen-bond acceptors (Lipinski definition) is 3. The van der Waals surface area contributed by atoms with E-state index in [1.54, 1.807) is 4.90 Å². The number of aryl methyl sites for hydroxylation is 2. The number of carbonyl (C=O) groups excluding carboxylic acids is 1. The molecule has 5 nitrogen and oxygen atoms in total. The van der Waals surface area contributed by atoms with E-state index in [4.69, 9.17) is 5.73 Å². The minimum Gasteiger partial charge on any atom is -0.344 e. The maximum absolute atomic E-state index is 12.2. The summed E-state index contributed by atoms with van der Waals surface area (Å²) in [7, 11) is 3.78. The highest BCUT2D eigenvalue weighted by molar-refractivity contribution is 5.85. The van der Waals surface area contributed by atoms with Gasteiger partial charge in [0.05, 0.1) is 17.4 Å². The van der Waals surface area contributed by atoms with Crippen molar-refractivity contribution in [1.82, 2.24) is 14.7 Å². The van der Waals surface area contributed by atoms with E-state index in [2.05, 4.69) is 23.3 Å². The van der Waals surface area contributed by atoms with E-state index in [-0.39, 0.29) is 24.2 Å². The monoisotopic (exact) mass is 364 g/mol. The molecule has 0 aliphatic carbocycles. The summed E-state index contributed by atoms with van der Waals surface area (Å²) in [6.07, 6.45) is 1.72. The van der Waals surface area contributed by atoms with Gasteiger partial charge in [-0.25, -0.2) is 0 Å². The molecule has 0 aliphatic rings. The first kappa shape index (κ1) is 21.2. The van der Waals surface area contributed by atoms with Gasteiger partial charge in [0.25, 0.3) is 0 Å². The molecular formula is C19H29ClN4O. The number of hydrogen-bond donors (Lipinski definition) is 1. The van der Waals surface area contributed by atoms with Gasteiger partial charge in [0.15, 0.2) is 0 Å². The Bertz CT molecular complexity index is 669. The summed E-state index contributed by atoms with van der Waals surface area (Å²) in [5.74, 6) is 0.167. The number of nitrogens with two attached hydrogens (primary N) is 1. The first-order chi connectivity index (χ1) is 11.4. The number of likely N-dealkylation sites (N-methyl/N-ethyl adjacent to an activating group) is 1. The van der Waals surface area contributed by atoms with Crippen LogP contribution in [0.1, 0.15) is 26.0 Å². The van der Waals surface area contributed by atoms with Crippen LogP contribution in [0.15, 0.2) is 36.4 Å². The van der Waals surface area contributed by atoms with Gasteiger partial charge in [0, 0.05) is 20.6 Å². The van der Waals surface area contributed by atoms with Crippen LogP contribution in [0.5, 0.6) is 0 Å². The van der Waals surface area contributed by atoms with E-state index in [1.165, 1.54) is 0 Å². The predicted octanol–water partition coefficient (Wildman–Crippen LogP) is 2.88. The zero-order valence-electron chi connectivity index (χ0n) is 15.5. The lowest BCUT2D eigenvalue weighted by Gasteiger charge is -2.23. The first-order valence-electron chi connectivity index (χ1n) is 8.49. The molecule has 138 valence electrons. The van der Waals surface area contributed by atoms with Crippen LogP contribution < -0.4 is 5.73 Å². The third kappa shape index (κ3) is 5.58. The Morgan fingerprint density at radius 2 is 1.92 bits per heavy atom. The Labute approximate surface area is 156 Å². The average Bonchev–Trinajstić information content (AvgIpc) is 2.94. The summed E-state index contributed by atoms with van der Waals surface area (Å²) in [5, 5.41) is 4.58. The molecule has 0 bridgehead atoms. The topological polar surface area (TPSA) is 64.2 Å². The van der Waals surface area contributed by atoms with Crippen molar-refractivity contribution in [1.29, 1.82) is 0 Å². The smallest absolute Gasteiger partial charge is 0.239 e.